The lowest BCUT2D eigenvalue weighted by Gasteiger charge is -2.11. The number of aromatic nitrogens is 3. The zero-order valence-corrected chi connectivity index (χ0v) is 9.88. The van der Waals surface area contributed by atoms with Crippen LogP contribution in [0.4, 0.5) is 5.82 Å². The van der Waals surface area contributed by atoms with Gasteiger partial charge < -0.3 is 5.73 Å². The minimum Gasteiger partial charge on any atom is -0.384 e. The van der Waals surface area contributed by atoms with E-state index < -0.39 is 0 Å². The van der Waals surface area contributed by atoms with E-state index in [1.807, 2.05) is 18.5 Å². The number of nitrogens with two attached hydrogens (primary N) is 1. The first-order valence-corrected chi connectivity index (χ1v) is 5.69. The number of aryl methyl sites for hydroxylation is 2. The molecule has 0 radical (unpaired) electrons. The molecule has 0 aliphatic rings. The molecule has 5 heteroatoms. The third kappa shape index (κ3) is 1.74. The van der Waals surface area contributed by atoms with Crippen molar-refractivity contribution in [2.24, 2.45) is 0 Å². The van der Waals surface area contributed by atoms with Crippen molar-refractivity contribution < 1.29 is 0 Å². The minimum absolute atomic E-state index is 0.101. The van der Waals surface area contributed by atoms with Crippen LogP contribution in [0.1, 0.15) is 29.2 Å². The highest BCUT2D eigenvalue weighted by atomic mass is 32.1. The molecule has 2 rings (SSSR count). The van der Waals surface area contributed by atoms with E-state index in [9.17, 15) is 0 Å². The summed E-state index contributed by atoms with van der Waals surface area (Å²) in [6.45, 7) is 6.01. The molecule has 2 aromatic rings. The maximum Gasteiger partial charge on any atom is 0.125 e. The van der Waals surface area contributed by atoms with Crippen LogP contribution >= 0.6 is 11.3 Å². The molecule has 2 aromatic heterocycles. The Morgan fingerprint density at radius 2 is 2.20 bits per heavy atom. The van der Waals surface area contributed by atoms with E-state index in [1.54, 1.807) is 17.5 Å². The van der Waals surface area contributed by atoms with Gasteiger partial charge in [0.2, 0.25) is 0 Å². The highest BCUT2D eigenvalue weighted by Crippen LogP contribution is 2.23. The van der Waals surface area contributed by atoms with Crippen LogP contribution in [0, 0.1) is 13.8 Å². The van der Waals surface area contributed by atoms with Crippen molar-refractivity contribution in [3.8, 4) is 0 Å². The summed E-state index contributed by atoms with van der Waals surface area (Å²) in [5.41, 5.74) is 7.95. The van der Waals surface area contributed by atoms with Gasteiger partial charge in [-0.1, -0.05) is 0 Å². The second kappa shape index (κ2) is 3.66. The van der Waals surface area contributed by atoms with Crippen LogP contribution in [0.5, 0.6) is 0 Å². The Bertz CT molecular complexity index is 471. The van der Waals surface area contributed by atoms with Crippen LogP contribution in [0.2, 0.25) is 0 Å². The van der Waals surface area contributed by atoms with E-state index >= 15 is 0 Å². The first kappa shape index (κ1) is 10.2. The lowest BCUT2D eigenvalue weighted by atomic mass is 10.2. The van der Waals surface area contributed by atoms with Gasteiger partial charge in [0.1, 0.15) is 5.82 Å². The molecule has 15 heavy (non-hydrogen) atoms. The molecule has 0 spiro atoms. The molecule has 0 aromatic carbocycles. The van der Waals surface area contributed by atoms with Gasteiger partial charge >= 0.3 is 0 Å². The van der Waals surface area contributed by atoms with E-state index in [4.69, 9.17) is 5.73 Å². The van der Waals surface area contributed by atoms with Gasteiger partial charge in [-0.3, -0.25) is 0 Å². The Labute approximate surface area is 92.8 Å². The van der Waals surface area contributed by atoms with E-state index in [-0.39, 0.29) is 6.04 Å². The number of nitrogen functional groups attached to an aromatic ring is 1. The van der Waals surface area contributed by atoms with Gasteiger partial charge in [0.05, 0.1) is 22.9 Å². The molecular formula is C10H14N4S. The van der Waals surface area contributed by atoms with Crippen LogP contribution in [0.15, 0.2) is 11.6 Å². The third-order valence-electron chi connectivity index (χ3n) is 2.46. The fourth-order valence-corrected chi connectivity index (χ4v) is 2.16. The van der Waals surface area contributed by atoms with Gasteiger partial charge in [0, 0.05) is 10.9 Å². The summed E-state index contributed by atoms with van der Waals surface area (Å²) in [4.78, 5) is 4.44. The highest BCUT2D eigenvalue weighted by Gasteiger charge is 2.14. The summed E-state index contributed by atoms with van der Waals surface area (Å²) >= 11 is 1.65. The van der Waals surface area contributed by atoms with Crippen molar-refractivity contribution >= 4 is 17.2 Å². The molecular weight excluding hydrogens is 208 g/mol. The van der Waals surface area contributed by atoms with Crippen molar-refractivity contribution in [1.29, 1.82) is 0 Å². The number of anilines is 1. The number of nitrogens with zero attached hydrogens (tertiary/aromatic N) is 3. The Hall–Kier alpha value is -1.36. The van der Waals surface area contributed by atoms with Crippen molar-refractivity contribution in [1.82, 2.24) is 14.8 Å². The summed E-state index contributed by atoms with van der Waals surface area (Å²) in [6, 6.07) is 0.101. The molecule has 0 fully saturated rings. The van der Waals surface area contributed by atoms with Crippen molar-refractivity contribution in [2.75, 3.05) is 5.73 Å². The smallest absolute Gasteiger partial charge is 0.125 e. The Morgan fingerprint density at radius 1 is 1.47 bits per heavy atom. The molecule has 4 nitrogen and oxygen atoms in total. The SMILES string of the molecule is Cc1nc(C(C)n2ncc(C)c2N)cs1. The molecule has 80 valence electrons. The molecule has 0 saturated carbocycles. The average molecular weight is 222 g/mol. The Kier molecular flexibility index (Phi) is 2.48. The van der Waals surface area contributed by atoms with Gasteiger partial charge in [-0.15, -0.1) is 11.3 Å². The van der Waals surface area contributed by atoms with Gasteiger partial charge in [-0.25, -0.2) is 9.67 Å². The molecule has 2 heterocycles. The molecule has 2 N–H and O–H groups in total. The topological polar surface area (TPSA) is 56.7 Å². The van der Waals surface area contributed by atoms with Crippen LogP contribution < -0.4 is 5.73 Å². The normalized spacial score (nSPS) is 13.0. The van der Waals surface area contributed by atoms with E-state index in [2.05, 4.69) is 22.4 Å². The van der Waals surface area contributed by atoms with Crippen molar-refractivity contribution in [3.63, 3.8) is 0 Å². The predicted molar refractivity (Wildman–Crippen MR) is 62.0 cm³/mol. The standard InChI is InChI=1S/C10H14N4S/c1-6-4-12-14(10(6)11)7(2)9-5-15-8(3)13-9/h4-5,7H,11H2,1-3H3. The quantitative estimate of drug-likeness (QED) is 0.847. The number of thiazole rings is 1. The van der Waals surface area contributed by atoms with Crippen LogP contribution in [0.25, 0.3) is 0 Å². The number of rotatable bonds is 2. The number of hydrogen-bond donors (Lipinski definition) is 1. The maximum absolute atomic E-state index is 5.92. The monoisotopic (exact) mass is 222 g/mol. The molecule has 0 bridgehead atoms. The van der Waals surface area contributed by atoms with Gasteiger partial charge in [-0.2, -0.15) is 5.10 Å². The Morgan fingerprint density at radius 3 is 2.67 bits per heavy atom. The molecule has 1 atom stereocenters. The second-order valence-electron chi connectivity index (χ2n) is 3.62. The first-order chi connectivity index (χ1) is 7.09. The molecule has 0 saturated heterocycles. The summed E-state index contributed by atoms with van der Waals surface area (Å²) in [7, 11) is 0. The first-order valence-electron chi connectivity index (χ1n) is 4.81. The van der Waals surface area contributed by atoms with Crippen LogP contribution in [0.3, 0.4) is 0 Å². The molecule has 0 aliphatic carbocycles. The van der Waals surface area contributed by atoms with Crippen LogP contribution in [-0.4, -0.2) is 14.8 Å². The zero-order chi connectivity index (χ0) is 11.0. The Balaban J connectivity index is 2.36. The largest absolute Gasteiger partial charge is 0.384 e. The average Bonchev–Trinajstić information content (AvgIpc) is 2.75. The lowest BCUT2D eigenvalue weighted by molar-refractivity contribution is 0.561. The maximum atomic E-state index is 5.92. The summed E-state index contributed by atoms with van der Waals surface area (Å²) < 4.78 is 1.81. The summed E-state index contributed by atoms with van der Waals surface area (Å²) in [5.74, 6) is 0.716. The molecule has 1 unspecified atom stereocenters. The van der Waals surface area contributed by atoms with Gasteiger partial charge in [-0.05, 0) is 20.8 Å². The molecule has 0 aliphatic heterocycles. The van der Waals surface area contributed by atoms with E-state index in [0.29, 0.717) is 5.82 Å². The summed E-state index contributed by atoms with van der Waals surface area (Å²) in [5, 5.41) is 7.38. The van der Waals surface area contributed by atoms with Crippen molar-refractivity contribution in [2.45, 2.75) is 26.8 Å². The summed E-state index contributed by atoms with van der Waals surface area (Å²) in [6.07, 6.45) is 1.78. The second-order valence-corrected chi connectivity index (χ2v) is 4.69. The lowest BCUT2D eigenvalue weighted by Crippen LogP contribution is -2.12. The minimum atomic E-state index is 0.101. The van der Waals surface area contributed by atoms with E-state index in [0.717, 1.165) is 16.3 Å². The fraction of sp³-hybridized carbons (Fsp3) is 0.400. The van der Waals surface area contributed by atoms with Gasteiger partial charge in [0.15, 0.2) is 0 Å². The van der Waals surface area contributed by atoms with Crippen molar-refractivity contribution in [3.05, 3.63) is 27.8 Å². The molecule has 0 amide bonds. The predicted octanol–water partition coefficient (Wildman–Crippen LogP) is 2.15. The zero-order valence-electron chi connectivity index (χ0n) is 9.06. The van der Waals surface area contributed by atoms with E-state index in [1.165, 1.54) is 0 Å². The third-order valence-corrected chi connectivity index (χ3v) is 3.25. The fourth-order valence-electron chi connectivity index (χ4n) is 1.46. The van der Waals surface area contributed by atoms with Crippen LogP contribution in [-0.2, 0) is 0 Å². The number of hydrogen-bond acceptors (Lipinski definition) is 4. The van der Waals surface area contributed by atoms with Gasteiger partial charge in [0.25, 0.3) is 0 Å². The highest BCUT2D eigenvalue weighted by molar-refractivity contribution is 7.09.